The molecule has 158 valence electrons. The third-order valence-corrected chi connectivity index (χ3v) is 6.96. The molecule has 10 heteroatoms. The molecule has 1 amide bonds. The molecule has 3 rings (SSSR count). The zero-order valence-electron chi connectivity index (χ0n) is 17.0. The number of hydrogen-bond acceptors (Lipinski definition) is 6. The smallest absolute Gasteiger partial charge is 0.273 e. The van der Waals surface area contributed by atoms with E-state index in [1.165, 1.54) is 6.26 Å². The van der Waals surface area contributed by atoms with E-state index in [-0.39, 0.29) is 11.9 Å². The van der Waals surface area contributed by atoms with E-state index >= 15 is 0 Å². The Balaban J connectivity index is 1.65. The molecular weight excluding hydrogens is 382 g/mol. The zero-order valence-corrected chi connectivity index (χ0v) is 17.8. The van der Waals surface area contributed by atoms with E-state index in [2.05, 4.69) is 9.88 Å². The van der Waals surface area contributed by atoms with Crippen LogP contribution in [0, 0.1) is 0 Å². The summed E-state index contributed by atoms with van der Waals surface area (Å²) in [6.07, 6.45) is 7.31. The van der Waals surface area contributed by atoms with Crippen molar-refractivity contribution in [2.45, 2.75) is 31.3 Å². The lowest BCUT2D eigenvalue weighted by molar-refractivity contribution is 0.0157. The van der Waals surface area contributed by atoms with Gasteiger partial charge in [-0.2, -0.15) is 0 Å². The maximum absolute atomic E-state index is 12.6. The van der Waals surface area contributed by atoms with Crippen molar-refractivity contribution in [3.63, 3.8) is 0 Å². The number of amides is 1. The lowest BCUT2D eigenvalue weighted by atomic mass is 10.0. The van der Waals surface area contributed by atoms with Gasteiger partial charge in [0.25, 0.3) is 5.91 Å². The molecule has 0 bridgehead atoms. The summed E-state index contributed by atoms with van der Waals surface area (Å²) in [6, 6.07) is 0.535. The molecule has 0 aliphatic carbocycles. The van der Waals surface area contributed by atoms with E-state index in [1.807, 2.05) is 7.05 Å². The standard InChI is InChI=1S/C18H31N5O4S/c1-20-13-17(19-14-20)18(24)21(2)8-9-23(15-5-10-27-11-6-15)16-4-7-22(12-16)28(3,25)26/h13-16H,4-12H2,1-3H3. The number of ether oxygens (including phenoxy) is 1. The number of carbonyl (C=O) groups excluding carboxylic acids is 1. The first-order valence-corrected chi connectivity index (χ1v) is 11.6. The van der Waals surface area contributed by atoms with Crippen LogP contribution in [0.2, 0.25) is 0 Å². The van der Waals surface area contributed by atoms with Crippen molar-refractivity contribution in [2.75, 3.05) is 52.7 Å². The number of aryl methyl sites for hydroxylation is 1. The summed E-state index contributed by atoms with van der Waals surface area (Å²) in [5, 5.41) is 0. The van der Waals surface area contributed by atoms with Crippen molar-refractivity contribution in [1.29, 1.82) is 0 Å². The average Bonchev–Trinajstić information content (AvgIpc) is 3.31. The minimum atomic E-state index is -3.17. The fourth-order valence-electron chi connectivity index (χ4n) is 4.05. The molecule has 0 saturated carbocycles. The molecule has 1 aromatic heterocycles. The van der Waals surface area contributed by atoms with Gasteiger partial charge in [-0.3, -0.25) is 9.69 Å². The Kier molecular flexibility index (Phi) is 6.74. The molecule has 3 heterocycles. The van der Waals surface area contributed by atoms with Gasteiger partial charge in [0.15, 0.2) is 0 Å². The zero-order chi connectivity index (χ0) is 20.3. The van der Waals surface area contributed by atoms with Crippen molar-refractivity contribution in [2.24, 2.45) is 7.05 Å². The third kappa shape index (κ3) is 5.11. The highest BCUT2D eigenvalue weighted by Crippen LogP contribution is 2.24. The maximum Gasteiger partial charge on any atom is 0.273 e. The second-order valence-electron chi connectivity index (χ2n) is 7.80. The number of aromatic nitrogens is 2. The largest absolute Gasteiger partial charge is 0.381 e. The van der Waals surface area contributed by atoms with Gasteiger partial charge in [-0.25, -0.2) is 17.7 Å². The van der Waals surface area contributed by atoms with Gasteiger partial charge in [0.05, 0.1) is 12.6 Å². The van der Waals surface area contributed by atoms with E-state index in [0.717, 1.165) is 32.5 Å². The van der Waals surface area contributed by atoms with Crippen LogP contribution in [0.4, 0.5) is 0 Å². The summed E-state index contributed by atoms with van der Waals surface area (Å²) in [6.45, 7) is 3.82. The van der Waals surface area contributed by atoms with Crippen LogP contribution in [0.5, 0.6) is 0 Å². The molecule has 0 aromatic carbocycles. The lowest BCUT2D eigenvalue weighted by Gasteiger charge is -2.39. The highest BCUT2D eigenvalue weighted by molar-refractivity contribution is 7.88. The Labute approximate surface area is 167 Å². The van der Waals surface area contributed by atoms with Crippen LogP contribution < -0.4 is 0 Å². The first-order valence-electron chi connectivity index (χ1n) is 9.77. The Morgan fingerprint density at radius 1 is 1.25 bits per heavy atom. The molecule has 0 radical (unpaired) electrons. The highest BCUT2D eigenvalue weighted by atomic mass is 32.2. The van der Waals surface area contributed by atoms with E-state index in [1.54, 1.807) is 33.3 Å². The summed E-state index contributed by atoms with van der Waals surface area (Å²) in [7, 11) is 0.455. The molecular formula is C18H31N5O4S. The number of hydrogen-bond donors (Lipinski definition) is 0. The second kappa shape index (κ2) is 8.89. The van der Waals surface area contributed by atoms with Gasteiger partial charge >= 0.3 is 0 Å². The molecule has 2 aliphatic heterocycles. The Hall–Kier alpha value is -1.49. The molecule has 2 fully saturated rings. The quantitative estimate of drug-likeness (QED) is 0.626. The summed E-state index contributed by atoms with van der Waals surface area (Å²) in [5.74, 6) is -0.100. The van der Waals surface area contributed by atoms with Crippen LogP contribution in [0.25, 0.3) is 0 Å². The second-order valence-corrected chi connectivity index (χ2v) is 9.78. The summed E-state index contributed by atoms with van der Waals surface area (Å²) in [4.78, 5) is 20.8. The lowest BCUT2D eigenvalue weighted by Crippen LogP contribution is -2.50. The van der Waals surface area contributed by atoms with Crippen LogP contribution in [-0.4, -0.2) is 103 Å². The first-order chi connectivity index (χ1) is 13.3. The molecule has 9 nitrogen and oxygen atoms in total. The molecule has 1 unspecified atom stereocenters. The summed E-state index contributed by atoms with van der Waals surface area (Å²) < 4.78 is 32.7. The molecule has 0 N–H and O–H groups in total. The van der Waals surface area contributed by atoms with Gasteiger partial charge in [0.1, 0.15) is 5.69 Å². The molecule has 2 saturated heterocycles. The SMILES string of the molecule is CN(CCN(C1CCOCC1)C1CCN(S(C)(=O)=O)C1)C(=O)c1cn(C)cn1. The molecule has 1 atom stereocenters. The Morgan fingerprint density at radius 3 is 2.54 bits per heavy atom. The predicted octanol–water partition coefficient (Wildman–Crippen LogP) is 0.00700. The maximum atomic E-state index is 12.6. The van der Waals surface area contributed by atoms with Crippen LogP contribution in [-0.2, 0) is 21.8 Å². The molecule has 28 heavy (non-hydrogen) atoms. The van der Waals surface area contributed by atoms with Crippen molar-refractivity contribution in [3.05, 3.63) is 18.2 Å². The van der Waals surface area contributed by atoms with Crippen LogP contribution in [0.3, 0.4) is 0 Å². The third-order valence-electron chi connectivity index (χ3n) is 5.69. The van der Waals surface area contributed by atoms with Crippen molar-refractivity contribution < 1.29 is 17.9 Å². The highest BCUT2D eigenvalue weighted by Gasteiger charge is 2.36. The normalized spacial score (nSPS) is 22.1. The Morgan fingerprint density at radius 2 is 1.96 bits per heavy atom. The van der Waals surface area contributed by atoms with Gasteiger partial charge in [-0.1, -0.05) is 0 Å². The number of imidazole rings is 1. The number of carbonyl (C=O) groups is 1. The van der Waals surface area contributed by atoms with Crippen LogP contribution >= 0.6 is 0 Å². The van der Waals surface area contributed by atoms with Crippen molar-refractivity contribution in [1.82, 2.24) is 23.7 Å². The predicted molar refractivity (Wildman–Crippen MR) is 106 cm³/mol. The first kappa shape index (κ1) is 21.2. The van der Waals surface area contributed by atoms with Gasteiger partial charge in [0.2, 0.25) is 10.0 Å². The van der Waals surface area contributed by atoms with Gasteiger partial charge in [-0.15, -0.1) is 0 Å². The minimum Gasteiger partial charge on any atom is -0.381 e. The van der Waals surface area contributed by atoms with Crippen molar-refractivity contribution >= 4 is 15.9 Å². The van der Waals surface area contributed by atoms with E-state index < -0.39 is 10.0 Å². The van der Waals surface area contributed by atoms with Gasteiger partial charge in [-0.05, 0) is 19.3 Å². The van der Waals surface area contributed by atoms with E-state index in [9.17, 15) is 13.2 Å². The van der Waals surface area contributed by atoms with Gasteiger partial charge < -0.3 is 14.2 Å². The van der Waals surface area contributed by atoms with E-state index in [0.29, 0.717) is 37.9 Å². The number of likely N-dealkylation sites (N-methyl/N-ethyl adjacent to an activating group) is 1. The Bertz CT molecular complexity index is 775. The summed E-state index contributed by atoms with van der Waals surface area (Å²) >= 11 is 0. The van der Waals surface area contributed by atoms with Gasteiger partial charge in [0, 0.05) is 71.8 Å². The number of nitrogens with zero attached hydrogens (tertiary/aromatic N) is 5. The average molecular weight is 414 g/mol. The van der Waals surface area contributed by atoms with Crippen LogP contribution in [0.1, 0.15) is 29.8 Å². The van der Waals surface area contributed by atoms with Crippen LogP contribution in [0.15, 0.2) is 12.5 Å². The summed E-state index contributed by atoms with van der Waals surface area (Å²) in [5.41, 5.74) is 0.437. The number of rotatable bonds is 7. The molecule has 0 spiro atoms. The topological polar surface area (TPSA) is 88.0 Å². The fourth-order valence-corrected chi connectivity index (χ4v) is 4.93. The monoisotopic (exact) mass is 413 g/mol. The minimum absolute atomic E-state index is 0.100. The fraction of sp³-hybridized carbons (Fsp3) is 0.778. The van der Waals surface area contributed by atoms with E-state index in [4.69, 9.17) is 4.74 Å². The molecule has 1 aromatic rings. The number of sulfonamides is 1. The van der Waals surface area contributed by atoms with Crippen molar-refractivity contribution in [3.8, 4) is 0 Å². The molecule has 2 aliphatic rings.